The maximum Gasteiger partial charge on any atom is 0.245 e. The number of benzene rings is 5. The van der Waals surface area contributed by atoms with Gasteiger partial charge in [-0.05, 0) is 65.1 Å². The van der Waals surface area contributed by atoms with Gasteiger partial charge in [-0.2, -0.15) is 4.72 Å². The van der Waals surface area contributed by atoms with Crippen LogP contribution in [0.1, 0.15) is 11.1 Å². The molecule has 10 heteroatoms. The summed E-state index contributed by atoms with van der Waals surface area (Å²) in [5, 5.41) is 0. The van der Waals surface area contributed by atoms with E-state index in [1.54, 1.807) is 54.6 Å². The monoisotopic (exact) mass is 693 g/mol. The van der Waals surface area contributed by atoms with Gasteiger partial charge in [0.2, 0.25) is 15.9 Å². The molecule has 1 amide bonds. The lowest BCUT2D eigenvalue weighted by atomic mass is 10.0. The molecule has 6 rings (SSSR count). The maximum atomic E-state index is 14.7. The molecule has 1 aliphatic rings. The van der Waals surface area contributed by atoms with E-state index >= 15 is 0 Å². The summed E-state index contributed by atoms with van der Waals surface area (Å²) in [4.78, 5) is 18.5. The zero-order chi connectivity index (χ0) is 34.8. The van der Waals surface area contributed by atoms with E-state index in [4.69, 9.17) is 9.47 Å². The summed E-state index contributed by atoms with van der Waals surface area (Å²) in [7, 11) is -4.13. The van der Waals surface area contributed by atoms with Crippen molar-refractivity contribution in [3.8, 4) is 16.9 Å². The molecule has 1 fully saturated rings. The van der Waals surface area contributed by atoms with Gasteiger partial charge in [-0.3, -0.25) is 9.69 Å². The number of anilines is 1. The van der Waals surface area contributed by atoms with E-state index in [9.17, 15) is 17.6 Å². The van der Waals surface area contributed by atoms with Crippen LogP contribution < -0.4 is 14.4 Å². The van der Waals surface area contributed by atoms with Crippen LogP contribution in [0.15, 0.2) is 138 Å². The summed E-state index contributed by atoms with van der Waals surface area (Å²) in [5.74, 6) is -0.283. The van der Waals surface area contributed by atoms with Crippen LogP contribution in [0, 0.1) is 5.82 Å². The third-order valence-corrected chi connectivity index (χ3v) is 10.1. The zero-order valence-corrected chi connectivity index (χ0v) is 28.5. The summed E-state index contributed by atoms with van der Waals surface area (Å²) in [6.45, 7) is 4.35. The Morgan fingerprint density at radius 1 is 0.800 bits per heavy atom. The quantitative estimate of drug-likeness (QED) is 0.146. The van der Waals surface area contributed by atoms with Crippen LogP contribution >= 0.6 is 0 Å². The van der Waals surface area contributed by atoms with Crippen LogP contribution in [0.2, 0.25) is 0 Å². The molecular formula is C40H40FN3O5S. The Labute approximate surface area is 293 Å². The first kappa shape index (κ1) is 35.0. The van der Waals surface area contributed by atoms with E-state index in [-0.39, 0.29) is 17.9 Å². The van der Waals surface area contributed by atoms with Crippen LogP contribution in [0.4, 0.5) is 10.1 Å². The summed E-state index contributed by atoms with van der Waals surface area (Å²) in [5.41, 5.74) is 3.82. The molecule has 5 aromatic carbocycles. The highest BCUT2D eigenvalue weighted by atomic mass is 32.2. The van der Waals surface area contributed by atoms with E-state index in [0.717, 1.165) is 36.3 Å². The third kappa shape index (κ3) is 9.42. The Kier molecular flexibility index (Phi) is 11.7. The number of nitrogens with zero attached hydrogens (tertiary/aromatic N) is 2. The van der Waals surface area contributed by atoms with E-state index in [0.29, 0.717) is 36.8 Å². The van der Waals surface area contributed by atoms with Gasteiger partial charge >= 0.3 is 0 Å². The predicted molar refractivity (Wildman–Crippen MR) is 193 cm³/mol. The number of carbonyl (C=O) groups excluding carboxylic acids is 1. The lowest BCUT2D eigenvalue weighted by Crippen LogP contribution is -2.49. The Bertz CT molecular complexity index is 1940. The molecule has 8 nitrogen and oxygen atoms in total. The molecule has 0 saturated carbocycles. The van der Waals surface area contributed by atoms with Gasteiger partial charge < -0.3 is 14.4 Å². The lowest BCUT2D eigenvalue weighted by molar-refractivity contribution is -0.120. The van der Waals surface area contributed by atoms with Gasteiger partial charge in [0.05, 0.1) is 24.7 Å². The number of hydrogen-bond acceptors (Lipinski definition) is 6. The standard InChI is InChI=1S/C40H40FN3O5S/c41-35-18-14-32(15-19-35)30-44(36-12-7-13-37(29-36)49-27-24-43-22-25-48-26-23-43)40(45)39(28-31-8-3-1-4-9-31)42-50(46,47)38-20-16-34(17-21-38)33-10-5-2-6-11-33/h1-21,29,39,42H,22-28,30H2/t39-/m0/s1. The topological polar surface area (TPSA) is 88.2 Å². The number of amides is 1. The van der Waals surface area contributed by atoms with Gasteiger partial charge in [0.15, 0.2) is 0 Å². The maximum absolute atomic E-state index is 14.7. The second kappa shape index (κ2) is 16.7. The Balaban J connectivity index is 1.28. The number of hydrogen-bond donors (Lipinski definition) is 1. The summed E-state index contributed by atoms with van der Waals surface area (Å²) in [6, 6.07) is 37.5. The van der Waals surface area contributed by atoms with Gasteiger partial charge in [-0.15, -0.1) is 0 Å². The number of halogens is 1. The molecule has 1 atom stereocenters. The minimum atomic E-state index is -4.13. The number of nitrogens with one attached hydrogen (secondary N) is 1. The van der Waals surface area contributed by atoms with E-state index in [2.05, 4.69) is 9.62 Å². The Morgan fingerprint density at radius 3 is 2.16 bits per heavy atom. The van der Waals surface area contributed by atoms with Crippen molar-refractivity contribution in [3.05, 3.63) is 150 Å². The second-order valence-corrected chi connectivity index (χ2v) is 13.8. The highest BCUT2D eigenvalue weighted by molar-refractivity contribution is 7.89. The molecule has 0 aromatic heterocycles. The van der Waals surface area contributed by atoms with Crippen LogP contribution in [-0.2, 0) is 32.5 Å². The molecule has 1 heterocycles. The predicted octanol–water partition coefficient (Wildman–Crippen LogP) is 6.33. The molecular weight excluding hydrogens is 654 g/mol. The number of sulfonamides is 1. The molecule has 1 saturated heterocycles. The van der Waals surface area contributed by atoms with E-state index in [1.807, 2.05) is 66.7 Å². The fourth-order valence-corrected chi connectivity index (χ4v) is 7.05. The second-order valence-electron chi connectivity index (χ2n) is 12.1. The average Bonchev–Trinajstić information content (AvgIpc) is 3.15. The van der Waals surface area contributed by atoms with Crippen LogP contribution in [0.25, 0.3) is 11.1 Å². The van der Waals surface area contributed by atoms with Gasteiger partial charge in [0, 0.05) is 31.4 Å². The molecule has 1 N–H and O–H groups in total. The van der Waals surface area contributed by atoms with Crippen LogP contribution in [0.3, 0.4) is 0 Å². The van der Waals surface area contributed by atoms with Crippen molar-refractivity contribution >= 4 is 21.6 Å². The van der Waals surface area contributed by atoms with Crippen molar-refractivity contribution < 1.29 is 27.1 Å². The van der Waals surface area contributed by atoms with Gasteiger partial charge in [0.1, 0.15) is 24.2 Å². The molecule has 5 aromatic rings. The first-order valence-corrected chi connectivity index (χ1v) is 18.1. The van der Waals surface area contributed by atoms with E-state index < -0.39 is 27.8 Å². The first-order valence-electron chi connectivity index (χ1n) is 16.6. The smallest absolute Gasteiger partial charge is 0.245 e. The molecule has 0 radical (unpaired) electrons. The molecule has 0 spiro atoms. The summed E-state index contributed by atoms with van der Waals surface area (Å²) < 4.78 is 55.9. The largest absolute Gasteiger partial charge is 0.492 e. The van der Waals surface area contributed by atoms with Crippen molar-refractivity contribution in [1.82, 2.24) is 9.62 Å². The van der Waals surface area contributed by atoms with Crippen molar-refractivity contribution in [2.24, 2.45) is 0 Å². The normalized spacial score (nSPS) is 14.2. The van der Waals surface area contributed by atoms with Crippen molar-refractivity contribution in [2.75, 3.05) is 44.4 Å². The fourth-order valence-electron chi connectivity index (χ4n) is 5.86. The third-order valence-electron chi connectivity index (χ3n) is 8.58. The molecule has 258 valence electrons. The fraction of sp³-hybridized carbons (Fsp3) is 0.225. The molecule has 0 unspecified atom stereocenters. The lowest BCUT2D eigenvalue weighted by Gasteiger charge is -2.29. The molecule has 0 bridgehead atoms. The number of rotatable bonds is 14. The summed E-state index contributed by atoms with van der Waals surface area (Å²) in [6.07, 6.45) is 0.108. The summed E-state index contributed by atoms with van der Waals surface area (Å²) >= 11 is 0. The first-order chi connectivity index (χ1) is 24.3. The van der Waals surface area contributed by atoms with Crippen LogP contribution in [-0.4, -0.2) is 64.7 Å². The molecule has 50 heavy (non-hydrogen) atoms. The van der Waals surface area contributed by atoms with Crippen molar-refractivity contribution in [1.29, 1.82) is 0 Å². The average molecular weight is 694 g/mol. The van der Waals surface area contributed by atoms with Crippen LogP contribution in [0.5, 0.6) is 5.75 Å². The highest BCUT2D eigenvalue weighted by Crippen LogP contribution is 2.26. The zero-order valence-electron chi connectivity index (χ0n) is 27.7. The van der Waals surface area contributed by atoms with Crippen molar-refractivity contribution in [3.63, 3.8) is 0 Å². The highest BCUT2D eigenvalue weighted by Gasteiger charge is 2.31. The number of ether oxygens (including phenoxy) is 2. The number of carbonyl (C=O) groups is 1. The Hall–Kier alpha value is -4.87. The van der Waals surface area contributed by atoms with Gasteiger partial charge in [0.25, 0.3) is 0 Å². The minimum Gasteiger partial charge on any atom is -0.492 e. The van der Waals surface area contributed by atoms with Crippen molar-refractivity contribution in [2.45, 2.75) is 23.9 Å². The van der Waals surface area contributed by atoms with E-state index in [1.165, 1.54) is 17.0 Å². The molecule has 1 aliphatic heterocycles. The SMILES string of the molecule is O=C([C@H](Cc1ccccc1)NS(=O)(=O)c1ccc(-c2ccccc2)cc1)N(Cc1ccc(F)cc1)c1cccc(OCCN2CCOCC2)c1. The minimum absolute atomic E-state index is 0.0452. The molecule has 0 aliphatic carbocycles. The Morgan fingerprint density at radius 2 is 1.46 bits per heavy atom. The van der Waals surface area contributed by atoms with Gasteiger partial charge in [-0.1, -0.05) is 91.0 Å². The number of morpholine rings is 1. The van der Waals surface area contributed by atoms with Gasteiger partial charge in [-0.25, -0.2) is 12.8 Å².